The zero-order chi connectivity index (χ0) is 13.3. The molecule has 1 fully saturated rings. The van der Waals surface area contributed by atoms with Gasteiger partial charge in [0, 0.05) is 11.4 Å². The SMILES string of the molecule is O=C(O)CN(C(=O)NC1C=CS(=O)(=O)C1)C1CC1. The van der Waals surface area contributed by atoms with Crippen LogP contribution in [0.15, 0.2) is 11.5 Å². The maximum Gasteiger partial charge on any atom is 0.323 e. The monoisotopic (exact) mass is 274 g/mol. The van der Waals surface area contributed by atoms with Crippen molar-refractivity contribution in [2.24, 2.45) is 0 Å². The molecule has 0 spiro atoms. The van der Waals surface area contributed by atoms with E-state index >= 15 is 0 Å². The first kappa shape index (κ1) is 12.9. The van der Waals surface area contributed by atoms with Crippen molar-refractivity contribution in [3.63, 3.8) is 0 Å². The first-order valence-electron chi connectivity index (χ1n) is 5.57. The topological polar surface area (TPSA) is 104 Å². The molecule has 0 saturated heterocycles. The van der Waals surface area contributed by atoms with Crippen LogP contribution in [-0.2, 0) is 14.6 Å². The summed E-state index contributed by atoms with van der Waals surface area (Å²) < 4.78 is 22.3. The van der Waals surface area contributed by atoms with E-state index in [2.05, 4.69) is 5.32 Å². The summed E-state index contributed by atoms with van der Waals surface area (Å²) >= 11 is 0. The summed E-state index contributed by atoms with van der Waals surface area (Å²) in [6, 6.07) is -1.13. The maximum absolute atomic E-state index is 11.8. The molecule has 1 saturated carbocycles. The fraction of sp³-hybridized carbons (Fsp3) is 0.600. The zero-order valence-corrected chi connectivity index (χ0v) is 10.4. The number of carboxylic acid groups (broad SMARTS) is 1. The number of carbonyl (C=O) groups excluding carboxylic acids is 1. The molecule has 18 heavy (non-hydrogen) atoms. The average molecular weight is 274 g/mol. The number of carboxylic acids is 1. The third kappa shape index (κ3) is 3.22. The van der Waals surface area contributed by atoms with E-state index < -0.39 is 27.9 Å². The predicted molar refractivity (Wildman–Crippen MR) is 62.6 cm³/mol. The van der Waals surface area contributed by atoms with E-state index in [4.69, 9.17) is 5.11 Å². The predicted octanol–water partition coefficient (Wildman–Crippen LogP) is -0.444. The number of nitrogens with zero attached hydrogens (tertiary/aromatic N) is 1. The average Bonchev–Trinajstić information content (AvgIpc) is 3.01. The Bertz CT molecular complexity index is 494. The molecular formula is C10H14N2O5S. The smallest absolute Gasteiger partial charge is 0.323 e. The van der Waals surface area contributed by atoms with Crippen molar-refractivity contribution in [3.8, 4) is 0 Å². The van der Waals surface area contributed by atoms with Crippen molar-refractivity contribution in [3.05, 3.63) is 11.5 Å². The minimum absolute atomic E-state index is 0.0388. The molecular weight excluding hydrogens is 260 g/mol. The first-order chi connectivity index (χ1) is 8.37. The van der Waals surface area contributed by atoms with Crippen LogP contribution >= 0.6 is 0 Å². The van der Waals surface area contributed by atoms with Crippen LogP contribution < -0.4 is 5.32 Å². The molecule has 1 atom stereocenters. The van der Waals surface area contributed by atoms with Gasteiger partial charge in [-0.2, -0.15) is 0 Å². The number of amides is 2. The van der Waals surface area contributed by atoms with Gasteiger partial charge in [0.2, 0.25) is 0 Å². The Morgan fingerprint density at radius 3 is 2.50 bits per heavy atom. The third-order valence-corrected chi connectivity index (χ3v) is 4.19. The Balaban J connectivity index is 1.94. The van der Waals surface area contributed by atoms with Crippen molar-refractivity contribution >= 4 is 21.8 Å². The highest BCUT2D eigenvalue weighted by Crippen LogP contribution is 2.26. The van der Waals surface area contributed by atoms with Crippen LogP contribution in [0.5, 0.6) is 0 Å². The lowest BCUT2D eigenvalue weighted by Gasteiger charge is -2.22. The molecule has 2 aliphatic rings. The van der Waals surface area contributed by atoms with Crippen LogP contribution in [-0.4, -0.2) is 54.8 Å². The van der Waals surface area contributed by atoms with Crippen LogP contribution in [0.4, 0.5) is 4.79 Å². The highest BCUT2D eigenvalue weighted by atomic mass is 32.2. The highest BCUT2D eigenvalue weighted by molar-refractivity contribution is 7.94. The molecule has 100 valence electrons. The van der Waals surface area contributed by atoms with Gasteiger partial charge in [-0.1, -0.05) is 0 Å². The van der Waals surface area contributed by atoms with Gasteiger partial charge in [-0.05, 0) is 18.9 Å². The molecule has 2 rings (SSSR count). The number of nitrogens with one attached hydrogen (secondary N) is 1. The van der Waals surface area contributed by atoms with Crippen LogP contribution in [0.2, 0.25) is 0 Å². The Labute approximate surface area is 104 Å². The number of carbonyl (C=O) groups is 2. The second kappa shape index (κ2) is 4.60. The standard InChI is InChI=1S/C10H14N2O5S/c13-9(14)5-12(8-1-2-8)10(15)11-7-3-4-18(16,17)6-7/h3-4,7-8H,1-2,5-6H2,(H,11,15)(H,13,14). The fourth-order valence-corrected chi connectivity index (χ4v) is 3.04. The van der Waals surface area contributed by atoms with Gasteiger partial charge in [0.25, 0.3) is 0 Å². The zero-order valence-electron chi connectivity index (χ0n) is 9.57. The summed E-state index contributed by atoms with van der Waals surface area (Å²) in [5, 5.41) is 12.3. The summed E-state index contributed by atoms with van der Waals surface area (Å²) in [5.74, 6) is -1.24. The van der Waals surface area contributed by atoms with Crippen LogP contribution in [0.25, 0.3) is 0 Å². The van der Waals surface area contributed by atoms with Gasteiger partial charge >= 0.3 is 12.0 Å². The van der Waals surface area contributed by atoms with E-state index in [0.29, 0.717) is 0 Å². The molecule has 1 heterocycles. The number of sulfone groups is 1. The van der Waals surface area contributed by atoms with Gasteiger partial charge in [-0.15, -0.1) is 0 Å². The number of rotatable bonds is 4. The Hall–Kier alpha value is -1.57. The number of hydrogen-bond donors (Lipinski definition) is 2. The summed E-state index contributed by atoms with van der Waals surface area (Å²) in [6.45, 7) is -0.361. The van der Waals surface area contributed by atoms with Crippen LogP contribution in [0.1, 0.15) is 12.8 Å². The Morgan fingerprint density at radius 1 is 1.39 bits per heavy atom. The molecule has 0 aromatic carbocycles. The summed E-state index contributed by atoms with van der Waals surface area (Å²) in [6.07, 6.45) is 2.98. The Kier molecular flexibility index (Phi) is 3.29. The van der Waals surface area contributed by atoms with Gasteiger partial charge in [0.1, 0.15) is 6.54 Å². The molecule has 1 aliphatic carbocycles. The van der Waals surface area contributed by atoms with E-state index in [-0.39, 0.29) is 18.3 Å². The van der Waals surface area contributed by atoms with Gasteiger partial charge in [0.05, 0.1) is 11.8 Å². The number of hydrogen-bond acceptors (Lipinski definition) is 4. The van der Waals surface area contributed by atoms with E-state index in [1.54, 1.807) is 0 Å². The van der Waals surface area contributed by atoms with E-state index in [0.717, 1.165) is 18.2 Å². The van der Waals surface area contributed by atoms with Crippen molar-refractivity contribution in [2.45, 2.75) is 24.9 Å². The molecule has 1 unspecified atom stereocenters. The molecule has 8 heteroatoms. The summed E-state index contributed by atoms with van der Waals surface area (Å²) in [4.78, 5) is 23.7. The van der Waals surface area contributed by atoms with E-state index in [1.165, 1.54) is 11.0 Å². The second-order valence-corrected chi connectivity index (χ2v) is 6.40. The fourth-order valence-electron chi connectivity index (χ4n) is 1.81. The van der Waals surface area contributed by atoms with Crippen LogP contribution in [0.3, 0.4) is 0 Å². The maximum atomic E-state index is 11.8. The first-order valence-corrected chi connectivity index (χ1v) is 7.29. The van der Waals surface area contributed by atoms with Crippen molar-refractivity contribution in [1.29, 1.82) is 0 Å². The molecule has 1 aliphatic heterocycles. The second-order valence-electron chi connectivity index (χ2n) is 4.47. The lowest BCUT2D eigenvalue weighted by molar-refractivity contribution is -0.137. The molecule has 0 aromatic rings. The van der Waals surface area contributed by atoms with Gasteiger partial charge in [-0.3, -0.25) is 4.79 Å². The van der Waals surface area contributed by atoms with Gasteiger partial charge in [-0.25, -0.2) is 13.2 Å². The quantitative estimate of drug-likeness (QED) is 0.723. The lowest BCUT2D eigenvalue weighted by atomic mass is 10.3. The van der Waals surface area contributed by atoms with E-state index in [1.807, 2.05) is 0 Å². The van der Waals surface area contributed by atoms with Crippen molar-refractivity contribution in [1.82, 2.24) is 10.2 Å². The number of urea groups is 1. The van der Waals surface area contributed by atoms with Crippen molar-refractivity contribution < 1.29 is 23.1 Å². The third-order valence-electron chi connectivity index (χ3n) is 2.79. The molecule has 2 N–H and O–H groups in total. The summed E-state index contributed by atoms with van der Waals surface area (Å²) in [7, 11) is -3.22. The highest BCUT2D eigenvalue weighted by Gasteiger charge is 2.35. The minimum Gasteiger partial charge on any atom is -0.480 e. The van der Waals surface area contributed by atoms with Crippen LogP contribution in [0, 0.1) is 0 Å². The molecule has 0 radical (unpaired) electrons. The molecule has 0 aromatic heterocycles. The Morgan fingerprint density at radius 2 is 2.06 bits per heavy atom. The number of aliphatic carboxylic acids is 1. The normalized spacial score (nSPS) is 24.8. The van der Waals surface area contributed by atoms with Gasteiger partial charge in [0.15, 0.2) is 9.84 Å². The molecule has 0 bridgehead atoms. The molecule has 7 nitrogen and oxygen atoms in total. The van der Waals surface area contributed by atoms with Crippen molar-refractivity contribution in [2.75, 3.05) is 12.3 Å². The molecule has 2 amide bonds. The van der Waals surface area contributed by atoms with E-state index in [9.17, 15) is 18.0 Å². The minimum atomic E-state index is -3.22. The lowest BCUT2D eigenvalue weighted by Crippen LogP contribution is -2.48. The largest absolute Gasteiger partial charge is 0.480 e. The van der Waals surface area contributed by atoms with Gasteiger partial charge < -0.3 is 15.3 Å². The summed E-state index contributed by atoms with van der Waals surface area (Å²) in [5.41, 5.74) is 0.